The van der Waals surface area contributed by atoms with E-state index in [-0.39, 0.29) is 34.3 Å². The molecule has 33 heavy (non-hydrogen) atoms. The molecule has 4 N–H and O–H groups in total. The van der Waals surface area contributed by atoms with Crippen LogP contribution in [-0.2, 0) is 12.7 Å². The molecule has 0 saturated carbocycles. The number of allylic oxidation sites excluding steroid dienone is 2. The van der Waals surface area contributed by atoms with E-state index in [1.807, 2.05) is 11.9 Å². The fourth-order valence-corrected chi connectivity index (χ4v) is 3.18. The number of nitrogens with two attached hydrogens (primary N) is 1. The number of halogens is 3. The van der Waals surface area contributed by atoms with Crippen molar-refractivity contribution in [2.75, 3.05) is 20.1 Å². The van der Waals surface area contributed by atoms with Crippen molar-refractivity contribution in [3.8, 4) is 11.3 Å². The second-order valence-electron chi connectivity index (χ2n) is 7.32. The molecule has 0 atom stereocenters. The Bertz CT molecular complexity index is 1180. The molecular formula is C23H23F3N4O3. The minimum absolute atomic E-state index is 0.0556. The number of carbonyl (C=O) groups is 1. The molecule has 0 saturated heterocycles. The van der Waals surface area contributed by atoms with Crippen molar-refractivity contribution in [2.45, 2.75) is 12.7 Å². The standard InChI is InChI=1S/C23H23F3N4O3/c1-3-4-20(27)30(2)8-7-28-13-17-10-16-9-15(11-18(21(16)33-17)23(24,25)26)19-6-5-14(12-29-19)22(31)32/h3-6,9-12,28H,1,7-8,13,27H2,2H3,(H,31,32)/b20-4-. The second-order valence-corrected chi connectivity index (χ2v) is 7.32. The fraction of sp³-hybridized carbons (Fsp3) is 0.217. The minimum atomic E-state index is -4.64. The van der Waals surface area contributed by atoms with E-state index in [9.17, 15) is 18.0 Å². The van der Waals surface area contributed by atoms with Crippen LogP contribution in [0.15, 0.2) is 65.5 Å². The highest BCUT2D eigenvalue weighted by molar-refractivity contribution is 5.89. The summed E-state index contributed by atoms with van der Waals surface area (Å²) >= 11 is 0. The minimum Gasteiger partial charge on any atom is -0.478 e. The summed E-state index contributed by atoms with van der Waals surface area (Å²) in [5.41, 5.74) is 5.03. The van der Waals surface area contributed by atoms with Gasteiger partial charge in [0.15, 0.2) is 0 Å². The average Bonchev–Trinajstić information content (AvgIpc) is 3.18. The topological polar surface area (TPSA) is 105 Å². The van der Waals surface area contributed by atoms with E-state index in [2.05, 4.69) is 16.9 Å². The molecule has 3 rings (SSSR count). The molecule has 0 spiro atoms. The van der Waals surface area contributed by atoms with Crippen molar-refractivity contribution < 1.29 is 27.5 Å². The fourth-order valence-electron chi connectivity index (χ4n) is 3.18. The van der Waals surface area contributed by atoms with Crippen molar-refractivity contribution in [1.82, 2.24) is 15.2 Å². The largest absolute Gasteiger partial charge is 0.478 e. The molecule has 10 heteroatoms. The lowest BCUT2D eigenvalue weighted by molar-refractivity contribution is -0.136. The summed E-state index contributed by atoms with van der Waals surface area (Å²) in [6.07, 6.45) is -0.292. The van der Waals surface area contributed by atoms with Crippen LogP contribution >= 0.6 is 0 Å². The van der Waals surface area contributed by atoms with E-state index in [0.717, 1.165) is 12.3 Å². The van der Waals surface area contributed by atoms with E-state index in [1.54, 1.807) is 18.2 Å². The van der Waals surface area contributed by atoms with E-state index < -0.39 is 17.7 Å². The van der Waals surface area contributed by atoms with Gasteiger partial charge in [-0.05, 0) is 36.4 Å². The molecule has 3 aromatic rings. The molecular weight excluding hydrogens is 437 g/mol. The lowest BCUT2D eigenvalue weighted by atomic mass is 10.0. The smallest absolute Gasteiger partial charge is 0.420 e. The SMILES string of the molecule is C=C/C=C(/N)N(C)CCNCc1cc2cc(-c3ccc(C(=O)O)cn3)cc(C(F)(F)F)c2o1. The van der Waals surface area contributed by atoms with Gasteiger partial charge in [0, 0.05) is 37.3 Å². The maximum Gasteiger partial charge on any atom is 0.420 e. The molecule has 2 aromatic heterocycles. The number of aromatic carboxylic acids is 1. The highest BCUT2D eigenvalue weighted by Crippen LogP contribution is 2.39. The highest BCUT2D eigenvalue weighted by Gasteiger charge is 2.35. The number of fused-ring (bicyclic) bond motifs is 1. The zero-order valence-electron chi connectivity index (χ0n) is 17.8. The molecule has 0 radical (unpaired) electrons. The van der Waals surface area contributed by atoms with Crippen molar-refractivity contribution in [1.29, 1.82) is 0 Å². The first-order chi connectivity index (χ1) is 15.6. The number of aromatic nitrogens is 1. The molecule has 7 nitrogen and oxygen atoms in total. The number of nitrogens with zero attached hydrogens (tertiary/aromatic N) is 2. The third-order valence-electron chi connectivity index (χ3n) is 4.93. The van der Waals surface area contributed by atoms with Crippen molar-refractivity contribution >= 4 is 16.9 Å². The third-order valence-corrected chi connectivity index (χ3v) is 4.93. The molecule has 0 bridgehead atoms. The zero-order chi connectivity index (χ0) is 24.2. The van der Waals surface area contributed by atoms with E-state index in [4.69, 9.17) is 15.3 Å². The Hall–Kier alpha value is -3.79. The van der Waals surface area contributed by atoms with Crippen LogP contribution in [0.5, 0.6) is 0 Å². The summed E-state index contributed by atoms with van der Waals surface area (Å²) in [5, 5.41) is 12.4. The van der Waals surface area contributed by atoms with Gasteiger partial charge in [-0.25, -0.2) is 4.79 Å². The van der Waals surface area contributed by atoms with Gasteiger partial charge >= 0.3 is 12.1 Å². The van der Waals surface area contributed by atoms with Crippen LogP contribution in [0.3, 0.4) is 0 Å². The Labute approximate surface area is 188 Å². The number of hydrogen-bond acceptors (Lipinski definition) is 6. The quantitative estimate of drug-likeness (QED) is 0.324. The first-order valence-corrected chi connectivity index (χ1v) is 9.93. The molecule has 0 unspecified atom stereocenters. The van der Waals surface area contributed by atoms with Crippen LogP contribution < -0.4 is 11.1 Å². The average molecular weight is 460 g/mol. The molecule has 0 aliphatic heterocycles. The zero-order valence-corrected chi connectivity index (χ0v) is 17.8. The lowest BCUT2D eigenvalue weighted by Gasteiger charge is -2.18. The lowest BCUT2D eigenvalue weighted by Crippen LogP contribution is -2.31. The number of carboxylic acids is 1. The molecule has 0 fully saturated rings. The Balaban J connectivity index is 1.83. The van der Waals surface area contributed by atoms with Gasteiger partial charge in [-0.2, -0.15) is 13.2 Å². The van der Waals surface area contributed by atoms with Crippen LogP contribution in [0.25, 0.3) is 22.2 Å². The van der Waals surface area contributed by atoms with Gasteiger partial charge in [-0.15, -0.1) is 0 Å². The Morgan fingerprint density at radius 3 is 2.70 bits per heavy atom. The summed E-state index contributed by atoms with van der Waals surface area (Å²) in [4.78, 5) is 16.8. The summed E-state index contributed by atoms with van der Waals surface area (Å²) in [6.45, 7) is 4.91. The number of likely N-dealkylation sites (N-methyl/N-ethyl adjacent to an activating group) is 1. The summed E-state index contributed by atoms with van der Waals surface area (Å²) < 4.78 is 46.7. The van der Waals surface area contributed by atoms with E-state index >= 15 is 0 Å². The van der Waals surface area contributed by atoms with E-state index in [1.165, 1.54) is 18.2 Å². The van der Waals surface area contributed by atoms with Crippen LogP contribution in [0, 0.1) is 0 Å². The molecule has 0 amide bonds. The number of pyridine rings is 1. The van der Waals surface area contributed by atoms with Crippen molar-refractivity contribution in [3.63, 3.8) is 0 Å². The predicted octanol–water partition coefficient (Wildman–Crippen LogP) is 4.22. The number of hydrogen-bond donors (Lipinski definition) is 3. The first kappa shape index (κ1) is 23.9. The van der Waals surface area contributed by atoms with Gasteiger partial charge in [0.1, 0.15) is 11.3 Å². The number of furan rings is 1. The van der Waals surface area contributed by atoms with Crippen LogP contribution in [0.2, 0.25) is 0 Å². The van der Waals surface area contributed by atoms with Gasteiger partial charge < -0.3 is 25.5 Å². The maximum absolute atomic E-state index is 13.7. The predicted molar refractivity (Wildman–Crippen MR) is 118 cm³/mol. The van der Waals surface area contributed by atoms with Gasteiger partial charge in [-0.3, -0.25) is 4.98 Å². The van der Waals surface area contributed by atoms with Gasteiger partial charge in [0.25, 0.3) is 0 Å². The number of rotatable bonds is 9. The number of alkyl halides is 3. The molecule has 0 aliphatic rings. The Morgan fingerprint density at radius 1 is 1.33 bits per heavy atom. The van der Waals surface area contributed by atoms with Crippen LogP contribution in [0.1, 0.15) is 21.7 Å². The maximum atomic E-state index is 13.7. The normalized spacial score (nSPS) is 12.2. The first-order valence-electron chi connectivity index (χ1n) is 9.93. The second kappa shape index (κ2) is 9.78. The number of benzene rings is 1. The van der Waals surface area contributed by atoms with Gasteiger partial charge in [0.2, 0.25) is 0 Å². The molecule has 0 aliphatic carbocycles. The molecule has 2 heterocycles. The van der Waals surface area contributed by atoms with Crippen molar-refractivity contribution in [3.05, 3.63) is 78.0 Å². The van der Waals surface area contributed by atoms with Gasteiger partial charge in [-0.1, -0.05) is 12.7 Å². The third kappa shape index (κ3) is 5.72. The van der Waals surface area contributed by atoms with Crippen molar-refractivity contribution in [2.24, 2.45) is 5.73 Å². The van der Waals surface area contributed by atoms with Crippen LogP contribution in [0.4, 0.5) is 13.2 Å². The summed E-state index contributed by atoms with van der Waals surface area (Å²) in [7, 11) is 1.81. The molecule has 1 aromatic carbocycles. The Morgan fingerprint density at radius 2 is 2.09 bits per heavy atom. The summed E-state index contributed by atoms with van der Waals surface area (Å²) in [6, 6.07) is 6.70. The monoisotopic (exact) mass is 460 g/mol. The van der Waals surface area contributed by atoms with Gasteiger partial charge in [0.05, 0.1) is 29.2 Å². The van der Waals surface area contributed by atoms with Crippen LogP contribution in [-0.4, -0.2) is 41.1 Å². The summed E-state index contributed by atoms with van der Waals surface area (Å²) in [5.74, 6) is -0.278. The Kier molecular flexibility index (Phi) is 7.07. The highest BCUT2D eigenvalue weighted by atomic mass is 19.4. The number of carboxylic acid groups (broad SMARTS) is 1. The number of nitrogens with one attached hydrogen (secondary N) is 1. The molecule has 174 valence electrons. The van der Waals surface area contributed by atoms with E-state index in [0.29, 0.717) is 24.7 Å².